The number of carbonyl (C=O) groups is 1. The minimum Gasteiger partial charge on any atom is -0.439 e. The Balaban J connectivity index is 1.82. The Bertz CT molecular complexity index is 660. The smallest absolute Gasteiger partial charge is 0.339 e. The summed E-state index contributed by atoms with van der Waals surface area (Å²) < 4.78 is 5.67. The molecule has 2 amide bonds. The number of carbonyl (C=O) groups excluding carboxylic acids is 1. The number of aromatic nitrogens is 1. The van der Waals surface area contributed by atoms with E-state index < -0.39 is 6.03 Å². The zero-order chi connectivity index (χ0) is 14.8. The Labute approximate surface area is 121 Å². The van der Waals surface area contributed by atoms with Crippen LogP contribution in [0.25, 0.3) is 0 Å². The summed E-state index contributed by atoms with van der Waals surface area (Å²) in [6.07, 6.45) is 3.06. The van der Waals surface area contributed by atoms with Crippen molar-refractivity contribution in [2.24, 2.45) is 5.73 Å². The van der Waals surface area contributed by atoms with E-state index in [2.05, 4.69) is 4.98 Å². The van der Waals surface area contributed by atoms with Crippen molar-refractivity contribution in [1.29, 1.82) is 0 Å². The standard InChI is InChI=1S/C15H15N3O3/c16-15(19)18(20)13-7-4-10-9-11(5-6-12(10)13)21-14-3-1-2-8-17-14/h1-3,5-6,8-9,13,20H,4,7H2,(H2,16,19). The lowest BCUT2D eigenvalue weighted by Crippen LogP contribution is -2.35. The molecule has 1 aromatic heterocycles. The second-order valence-electron chi connectivity index (χ2n) is 4.87. The van der Waals surface area contributed by atoms with Crippen molar-refractivity contribution in [3.8, 4) is 11.6 Å². The van der Waals surface area contributed by atoms with Crippen LogP contribution in [0.2, 0.25) is 0 Å². The normalized spacial score (nSPS) is 16.3. The van der Waals surface area contributed by atoms with E-state index in [1.165, 1.54) is 0 Å². The highest BCUT2D eigenvalue weighted by Crippen LogP contribution is 2.37. The first-order valence-electron chi connectivity index (χ1n) is 6.64. The molecule has 108 valence electrons. The summed E-state index contributed by atoms with van der Waals surface area (Å²) in [7, 11) is 0. The van der Waals surface area contributed by atoms with Gasteiger partial charge in [-0.25, -0.2) is 9.78 Å². The Hall–Kier alpha value is -2.60. The van der Waals surface area contributed by atoms with E-state index in [9.17, 15) is 10.0 Å². The van der Waals surface area contributed by atoms with Gasteiger partial charge in [0.25, 0.3) is 0 Å². The van der Waals surface area contributed by atoms with Gasteiger partial charge < -0.3 is 10.5 Å². The minimum absolute atomic E-state index is 0.388. The molecule has 1 atom stereocenters. The number of rotatable bonds is 3. The van der Waals surface area contributed by atoms with Crippen molar-refractivity contribution in [2.75, 3.05) is 0 Å². The number of primary amides is 1. The fourth-order valence-corrected chi connectivity index (χ4v) is 2.57. The van der Waals surface area contributed by atoms with Crippen molar-refractivity contribution in [1.82, 2.24) is 10.0 Å². The number of nitrogens with two attached hydrogens (primary N) is 1. The number of hydroxylamine groups is 2. The number of ether oxygens (including phenoxy) is 1. The van der Waals surface area contributed by atoms with Gasteiger partial charge in [-0.15, -0.1) is 0 Å². The quantitative estimate of drug-likeness (QED) is 0.670. The number of hydrogen-bond acceptors (Lipinski definition) is 4. The lowest BCUT2D eigenvalue weighted by Gasteiger charge is -2.20. The van der Waals surface area contributed by atoms with E-state index in [1.807, 2.05) is 24.3 Å². The van der Waals surface area contributed by atoms with Crippen LogP contribution in [-0.2, 0) is 6.42 Å². The summed E-state index contributed by atoms with van der Waals surface area (Å²) in [6.45, 7) is 0. The Morgan fingerprint density at radius 3 is 2.95 bits per heavy atom. The molecular formula is C15H15N3O3. The molecule has 0 bridgehead atoms. The summed E-state index contributed by atoms with van der Waals surface area (Å²) in [5, 5.41) is 10.3. The molecule has 0 aliphatic heterocycles. The first-order valence-corrected chi connectivity index (χ1v) is 6.64. The molecule has 1 heterocycles. The summed E-state index contributed by atoms with van der Waals surface area (Å²) in [5.74, 6) is 1.20. The Morgan fingerprint density at radius 2 is 2.24 bits per heavy atom. The molecule has 6 heteroatoms. The van der Waals surface area contributed by atoms with Crippen LogP contribution in [0.1, 0.15) is 23.6 Å². The Kier molecular flexibility index (Phi) is 3.45. The number of nitrogens with zero attached hydrogens (tertiary/aromatic N) is 2. The molecule has 1 aliphatic carbocycles. The predicted octanol–water partition coefficient (Wildman–Crippen LogP) is 2.63. The zero-order valence-corrected chi connectivity index (χ0v) is 11.3. The van der Waals surface area contributed by atoms with Crippen LogP contribution in [0.4, 0.5) is 4.79 Å². The molecule has 21 heavy (non-hydrogen) atoms. The van der Waals surface area contributed by atoms with Gasteiger partial charge in [0, 0.05) is 12.3 Å². The highest BCUT2D eigenvalue weighted by molar-refractivity contribution is 5.71. The fraction of sp³-hybridized carbons (Fsp3) is 0.200. The molecule has 0 radical (unpaired) electrons. The average molecular weight is 285 g/mol. The van der Waals surface area contributed by atoms with Gasteiger partial charge in [0.2, 0.25) is 5.88 Å². The number of benzene rings is 1. The minimum atomic E-state index is -0.846. The molecule has 3 rings (SSSR count). The lowest BCUT2D eigenvalue weighted by atomic mass is 10.1. The third-order valence-electron chi connectivity index (χ3n) is 3.54. The van der Waals surface area contributed by atoms with Crippen molar-refractivity contribution in [3.05, 3.63) is 53.7 Å². The van der Waals surface area contributed by atoms with Gasteiger partial charge in [-0.2, -0.15) is 5.06 Å². The van der Waals surface area contributed by atoms with E-state index in [1.54, 1.807) is 18.3 Å². The monoisotopic (exact) mass is 285 g/mol. The molecule has 3 N–H and O–H groups in total. The summed E-state index contributed by atoms with van der Waals surface area (Å²) in [4.78, 5) is 15.2. The van der Waals surface area contributed by atoms with Crippen molar-refractivity contribution >= 4 is 6.03 Å². The summed E-state index contributed by atoms with van der Waals surface area (Å²) in [5.41, 5.74) is 7.04. The average Bonchev–Trinajstić information content (AvgIpc) is 2.90. The van der Waals surface area contributed by atoms with Gasteiger partial charge in [0.15, 0.2) is 0 Å². The van der Waals surface area contributed by atoms with Gasteiger partial charge in [-0.05, 0) is 42.2 Å². The number of fused-ring (bicyclic) bond motifs is 1. The second-order valence-corrected chi connectivity index (χ2v) is 4.87. The summed E-state index contributed by atoms with van der Waals surface area (Å²) in [6, 6.07) is 9.75. The molecule has 0 fully saturated rings. The van der Waals surface area contributed by atoms with Gasteiger partial charge in [-0.1, -0.05) is 12.1 Å². The molecule has 1 unspecified atom stereocenters. The molecular weight excluding hydrogens is 270 g/mol. The highest BCUT2D eigenvalue weighted by Gasteiger charge is 2.29. The fourth-order valence-electron chi connectivity index (χ4n) is 2.57. The molecule has 0 saturated heterocycles. The first kappa shape index (κ1) is 13.4. The molecule has 1 aliphatic rings. The molecule has 2 aromatic rings. The van der Waals surface area contributed by atoms with Crippen LogP contribution in [0.3, 0.4) is 0 Å². The summed E-state index contributed by atoms with van der Waals surface area (Å²) >= 11 is 0. The van der Waals surface area contributed by atoms with E-state index in [0.29, 0.717) is 23.1 Å². The maximum absolute atomic E-state index is 11.1. The number of aryl methyl sites for hydroxylation is 1. The molecule has 6 nitrogen and oxygen atoms in total. The van der Waals surface area contributed by atoms with Crippen molar-refractivity contribution in [2.45, 2.75) is 18.9 Å². The largest absolute Gasteiger partial charge is 0.439 e. The van der Waals surface area contributed by atoms with Crippen LogP contribution in [0.15, 0.2) is 42.6 Å². The topological polar surface area (TPSA) is 88.7 Å². The van der Waals surface area contributed by atoms with Gasteiger partial charge in [0.1, 0.15) is 5.75 Å². The van der Waals surface area contributed by atoms with Gasteiger partial charge in [-0.3, -0.25) is 5.21 Å². The van der Waals surface area contributed by atoms with E-state index >= 15 is 0 Å². The first-order chi connectivity index (χ1) is 10.1. The maximum atomic E-state index is 11.1. The predicted molar refractivity (Wildman–Crippen MR) is 75.0 cm³/mol. The van der Waals surface area contributed by atoms with Crippen LogP contribution in [0, 0.1) is 0 Å². The lowest BCUT2D eigenvalue weighted by molar-refractivity contribution is -0.0757. The molecule has 0 spiro atoms. The van der Waals surface area contributed by atoms with Crippen molar-refractivity contribution in [3.63, 3.8) is 0 Å². The van der Waals surface area contributed by atoms with Gasteiger partial charge in [0.05, 0.1) is 6.04 Å². The van der Waals surface area contributed by atoms with Crippen molar-refractivity contribution < 1.29 is 14.7 Å². The molecule has 0 saturated carbocycles. The maximum Gasteiger partial charge on any atom is 0.339 e. The second kappa shape index (κ2) is 5.41. The highest BCUT2D eigenvalue weighted by atomic mass is 16.5. The van der Waals surface area contributed by atoms with Crippen LogP contribution < -0.4 is 10.5 Å². The number of pyridine rings is 1. The third kappa shape index (κ3) is 2.66. The zero-order valence-electron chi connectivity index (χ0n) is 11.3. The van der Waals surface area contributed by atoms with Crippen LogP contribution >= 0.6 is 0 Å². The number of urea groups is 1. The van der Waals surface area contributed by atoms with E-state index in [4.69, 9.17) is 10.5 Å². The van der Waals surface area contributed by atoms with Crippen LogP contribution in [-0.4, -0.2) is 21.3 Å². The Morgan fingerprint density at radius 1 is 1.38 bits per heavy atom. The third-order valence-corrected chi connectivity index (χ3v) is 3.54. The number of hydrogen-bond donors (Lipinski definition) is 2. The SMILES string of the molecule is NC(=O)N(O)C1CCc2cc(Oc3ccccn3)ccc21. The molecule has 1 aromatic carbocycles. The number of amides is 2. The van der Waals surface area contributed by atoms with E-state index in [0.717, 1.165) is 17.5 Å². The van der Waals surface area contributed by atoms with Gasteiger partial charge >= 0.3 is 6.03 Å². The van der Waals surface area contributed by atoms with E-state index in [-0.39, 0.29) is 6.04 Å². The van der Waals surface area contributed by atoms with Crippen LogP contribution in [0.5, 0.6) is 11.6 Å².